The molecule has 0 radical (unpaired) electrons. The van der Waals surface area contributed by atoms with Gasteiger partial charge in [0.25, 0.3) is 0 Å². The smallest absolute Gasteiger partial charge is 0.0526 e. The zero-order valence-corrected chi connectivity index (χ0v) is 8.88. The summed E-state index contributed by atoms with van der Waals surface area (Å²) >= 11 is 0. The average molecular weight is 204 g/mol. The molecule has 0 unspecified atom stereocenters. The van der Waals surface area contributed by atoms with E-state index in [2.05, 4.69) is 6.07 Å². The average Bonchev–Trinajstić information content (AvgIpc) is 2.27. The van der Waals surface area contributed by atoms with E-state index >= 15 is 0 Å². The fourth-order valence-corrected chi connectivity index (χ4v) is 2.29. The predicted molar refractivity (Wildman–Crippen MR) is 60.9 cm³/mol. The maximum Gasteiger partial charge on any atom is 0.0526 e. The van der Waals surface area contributed by atoms with Crippen LogP contribution in [-0.4, -0.2) is 9.96 Å². The van der Waals surface area contributed by atoms with Gasteiger partial charge in [-0.15, -0.1) is 0 Å². The van der Waals surface area contributed by atoms with Crippen LogP contribution in [0.25, 0.3) is 10.8 Å². The van der Waals surface area contributed by atoms with E-state index in [0.29, 0.717) is 5.75 Å². The third-order valence-corrected chi connectivity index (χ3v) is 3.55. The molecule has 0 aromatic heterocycles. The first-order chi connectivity index (χ1) is 6.81. The van der Waals surface area contributed by atoms with Crippen molar-refractivity contribution in [3.05, 3.63) is 42.5 Å². The van der Waals surface area contributed by atoms with Crippen LogP contribution in [0.15, 0.2) is 47.4 Å². The molecule has 0 spiro atoms. The van der Waals surface area contributed by atoms with Gasteiger partial charge in [0, 0.05) is 10.6 Å². The molecule has 0 saturated heterocycles. The van der Waals surface area contributed by atoms with E-state index in [1.807, 2.05) is 43.3 Å². The van der Waals surface area contributed by atoms with Crippen LogP contribution in [0, 0.1) is 0 Å². The van der Waals surface area contributed by atoms with Crippen LogP contribution >= 0.6 is 0 Å². The molecule has 2 aromatic carbocycles. The van der Waals surface area contributed by atoms with Crippen LogP contribution in [0.4, 0.5) is 0 Å². The molecule has 0 saturated carbocycles. The Morgan fingerprint density at radius 3 is 2.50 bits per heavy atom. The Bertz CT molecular complexity index is 476. The van der Waals surface area contributed by atoms with Gasteiger partial charge >= 0.3 is 0 Å². The van der Waals surface area contributed by atoms with Gasteiger partial charge in [-0.3, -0.25) is 4.21 Å². The predicted octanol–water partition coefficient (Wildman–Crippen LogP) is 2.97. The molecule has 14 heavy (non-hydrogen) atoms. The third kappa shape index (κ3) is 1.70. The molecule has 1 nitrogen and oxygen atoms in total. The van der Waals surface area contributed by atoms with Gasteiger partial charge in [0.1, 0.15) is 0 Å². The highest BCUT2D eigenvalue weighted by Crippen LogP contribution is 2.17. The minimum Gasteiger partial charge on any atom is -0.254 e. The first kappa shape index (κ1) is 9.41. The van der Waals surface area contributed by atoms with Gasteiger partial charge in [0.15, 0.2) is 0 Å². The zero-order valence-electron chi connectivity index (χ0n) is 8.07. The summed E-state index contributed by atoms with van der Waals surface area (Å²) in [5.41, 5.74) is 0. The number of benzene rings is 2. The quantitative estimate of drug-likeness (QED) is 0.735. The maximum absolute atomic E-state index is 11.6. The minimum absolute atomic E-state index is 0.679. The normalized spacial score (nSPS) is 12.9. The Balaban J connectivity index is 2.56. The van der Waals surface area contributed by atoms with Crippen LogP contribution in [0.3, 0.4) is 0 Å². The topological polar surface area (TPSA) is 17.1 Å². The number of hydrogen-bond donors (Lipinski definition) is 0. The van der Waals surface area contributed by atoms with Crippen molar-refractivity contribution >= 4 is 21.6 Å². The molecule has 0 fully saturated rings. The maximum atomic E-state index is 11.6. The van der Waals surface area contributed by atoms with Crippen molar-refractivity contribution in [1.29, 1.82) is 0 Å². The molecule has 0 aliphatic rings. The number of hydrogen-bond acceptors (Lipinski definition) is 1. The molecule has 0 heterocycles. The van der Waals surface area contributed by atoms with Gasteiger partial charge in [0.2, 0.25) is 0 Å². The van der Waals surface area contributed by atoms with Gasteiger partial charge < -0.3 is 0 Å². The number of fused-ring (bicyclic) bond motifs is 1. The molecular formula is C12H12OS. The van der Waals surface area contributed by atoms with E-state index in [-0.39, 0.29) is 0 Å². The summed E-state index contributed by atoms with van der Waals surface area (Å²) < 4.78 is 11.6. The van der Waals surface area contributed by atoms with E-state index < -0.39 is 10.8 Å². The van der Waals surface area contributed by atoms with Crippen LogP contribution in [0.1, 0.15) is 6.92 Å². The first-order valence-corrected chi connectivity index (χ1v) is 6.00. The summed E-state index contributed by atoms with van der Waals surface area (Å²) in [7, 11) is -0.846. The molecule has 1 atom stereocenters. The lowest BCUT2D eigenvalue weighted by Crippen LogP contribution is -1.93. The van der Waals surface area contributed by atoms with Crippen molar-refractivity contribution in [1.82, 2.24) is 0 Å². The molecule has 0 aliphatic carbocycles. The Morgan fingerprint density at radius 2 is 1.79 bits per heavy atom. The van der Waals surface area contributed by atoms with Gasteiger partial charge in [-0.2, -0.15) is 0 Å². The third-order valence-electron chi connectivity index (χ3n) is 2.25. The van der Waals surface area contributed by atoms with Crippen molar-refractivity contribution in [2.75, 3.05) is 5.75 Å². The van der Waals surface area contributed by atoms with Crippen LogP contribution < -0.4 is 0 Å². The molecule has 72 valence electrons. The molecule has 2 rings (SSSR count). The van der Waals surface area contributed by atoms with Crippen molar-refractivity contribution in [2.24, 2.45) is 0 Å². The van der Waals surface area contributed by atoms with Crippen molar-refractivity contribution < 1.29 is 4.21 Å². The fourth-order valence-electron chi connectivity index (χ4n) is 1.48. The Kier molecular flexibility index (Phi) is 2.64. The zero-order chi connectivity index (χ0) is 9.97. The molecular weight excluding hydrogens is 192 g/mol. The highest BCUT2D eigenvalue weighted by molar-refractivity contribution is 7.85. The lowest BCUT2D eigenvalue weighted by Gasteiger charge is -2.01. The second-order valence-electron chi connectivity index (χ2n) is 3.14. The fraction of sp³-hybridized carbons (Fsp3) is 0.167. The lowest BCUT2D eigenvalue weighted by molar-refractivity contribution is 0.684. The van der Waals surface area contributed by atoms with E-state index in [1.54, 1.807) is 0 Å². The minimum atomic E-state index is -0.846. The van der Waals surface area contributed by atoms with Crippen molar-refractivity contribution in [2.45, 2.75) is 11.8 Å². The van der Waals surface area contributed by atoms with Crippen LogP contribution in [0.2, 0.25) is 0 Å². The van der Waals surface area contributed by atoms with Gasteiger partial charge in [-0.1, -0.05) is 37.3 Å². The summed E-state index contributed by atoms with van der Waals surface area (Å²) in [5, 5.41) is 2.36. The summed E-state index contributed by atoms with van der Waals surface area (Å²) in [5.74, 6) is 0.679. The highest BCUT2D eigenvalue weighted by atomic mass is 32.2. The summed E-state index contributed by atoms with van der Waals surface area (Å²) in [6.45, 7) is 1.94. The van der Waals surface area contributed by atoms with E-state index in [1.165, 1.54) is 5.39 Å². The van der Waals surface area contributed by atoms with E-state index in [0.717, 1.165) is 10.3 Å². The van der Waals surface area contributed by atoms with E-state index in [4.69, 9.17) is 0 Å². The molecule has 0 amide bonds. The Morgan fingerprint density at radius 1 is 1.07 bits per heavy atom. The molecule has 0 N–H and O–H groups in total. The van der Waals surface area contributed by atoms with Crippen LogP contribution in [0.5, 0.6) is 0 Å². The van der Waals surface area contributed by atoms with E-state index in [9.17, 15) is 4.21 Å². The second kappa shape index (κ2) is 3.93. The van der Waals surface area contributed by atoms with Gasteiger partial charge in [-0.05, 0) is 22.9 Å². The summed E-state index contributed by atoms with van der Waals surface area (Å²) in [6.07, 6.45) is 0. The largest absolute Gasteiger partial charge is 0.254 e. The highest BCUT2D eigenvalue weighted by Gasteiger charge is 2.01. The van der Waals surface area contributed by atoms with Crippen LogP contribution in [-0.2, 0) is 10.8 Å². The Labute approximate surface area is 86.2 Å². The van der Waals surface area contributed by atoms with Crippen molar-refractivity contribution in [3.63, 3.8) is 0 Å². The lowest BCUT2D eigenvalue weighted by atomic mass is 10.1. The Hall–Kier alpha value is -1.15. The van der Waals surface area contributed by atoms with Crippen molar-refractivity contribution in [3.8, 4) is 0 Å². The monoisotopic (exact) mass is 204 g/mol. The first-order valence-electron chi connectivity index (χ1n) is 4.68. The second-order valence-corrected chi connectivity index (χ2v) is 4.88. The number of rotatable bonds is 2. The molecule has 0 aliphatic heterocycles. The summed E-state index contributed by atoms with van der Waals surface area (Å²) in [6, 6.07) is 14.1. The van der Waals surface area contributed by atoms with Gasteiger partial charge in [-0.25, -0.2) is 0 Å². The van der Waals surface area contributed by atoms with Gasteiger partial charge in [0.05, 0.1) is 10.8 Å². The SMILES string of the molecule is CC[S@@](=O)c1ccc2ccccc2c1. The standard InChI is InChI=1S/C12H12OS/c1-2-14(13)12-8-7-10-5-3-4-6-11(10)9-12/h3-9H,2H2,1H3/t14-/m1/s1. The molecule has 0 bridgehead atoms. The molecule has 2 aromatic rings. The summed E-state index contributed by atoms with van der Waals surface area (Å²) in [4.78, 5) is 0.922. The molecule has 2 heteroatoms.